The number of aromatic nitrogens is 1. The van der Waals surface area contributed by atoms with Crippen molar-refractivity contribution in [3.8, 4) is 5.75 Å². The second kappa shape index (κ2) is 5.92. The van der Waals surface area contributed by atoms with Gasteiger partial charge in [-0.15, -0.1) is 0 Å². The van der Waals surface area contributed by atoms with Gasteiger partial charge < -0.3 is 9.84 Å². The highest BCUT2D eigenvalue weighted by atomic mass is 32.2. The summed E-state index contributed by atoms with van der Waals surface area (Å²) >= 11 is 0. The van der Waals surface area contributed by atoms with Gasteiger partial charge in [0.15, 0.2) is 17.3 Å². The van der Waals surface area contributed by atoms with E-state index in [1.54, 1.807) is 0 Å². The second-order valence-corrected chi connectivity index (χ2v) is 5.99. The van der Waals surface area contributed by atoms with E-state index in [0.29, 0.717) is 0 Å². The summed E-state index contributed by atoms with van der Waals surface area (Å²) in [6.07, 6.45) is 2.22. The highest BCUT2D eigenvalue weighted by molar-refractivity contribution is 7.92. The van der Waals surface area contributed by atoms with Crippen LogP contribution in [0.4, 0.5) is 11.5 Å². The number of carbonyl (C=O) groups excluding carboxylic acids is 1. The molecule has 1 aromatic rings. The Labute approximate surface area is 122 Å². The molecule has 0 unspecified atom stereocenters. The molecule has 0 aromatic carbocycles. The van der Waals surface area contributed by atoms with Gasteiger partial charge in [0.05, 0.1) is 13.4 Å². The Hall–Kier alpha value is -2.42. The number of sulfonamides is 1. The van der Waals surface area contributed by atoms with Crippen LogP contribution >= 0.6 is 0 Å². The molecule has 0 fully saturated rings. The van der Waals surface area contributed by atoms with E-state index in [-0.39, 0.29) is 17.1 Å². The van der Waals surface area contributed by atoms with E-state index in [0.717, 1.165) is 17.7 Å². The van der Waals surface area contributed by atoms with Crippen LogP contribution in [-0.4, -0.2) is 51.6 Å². The zero-order chi connectivity index (χ0) is 16.4. The number of aliphatic imine (C=N–C) groups is 1. The molecule has 0 aliphatic rings. The molecule has 8 nitrogen and oxygen atoms in total. The molecule has 0 atom stereocenters. The number of esters is 1. The van der Waals surface area contributed by atoms with Crippen LogP contribution in [0.2, 0.25) is 0 Å². The Balaban J connectivity index is 3.82. The molecule has 1 aromatic heterocycles. The van der Waals surface area contributed by atoms with E-state index >= 15 is 0 Å². The summed E-state index contributed by atoms with van der Waals surface area (Å²) in [7, 11) is -1.30. The van der Waals surface area contributed by atoms with E-state index in [4.69, 9.17) is 0 Å². The third kappa shape index (κ3) is 3.02. The molecule has 21 heavy (non-hydrogen) atoms. The van der Waals surface area contributed by atoms with Gasteiger partial charge in [0.2, 0.25) is 10.0 Å². The molecular weight excluding hydrogens is 298 g/mol. The van der Waals surface area contributed by atoms with Crippen molar-refractivity contribution in [2.24, 2.45) is 4.99 Å². The van der Waals surface area contributed by atoms with Crippen molar-refractivity contribution in [2.45, 2.75) is 0 Å². The number of rotatable bonds is 5. The van der Waals surface area contributed by atoms with Crippen LogP contribution in [0.25, 0.3) is 6.08 Å². The van der Waals surface area contributed by atoms with Gasteiger partial charge in [0.25, 0.3) is 0 Å². The SMILES string of the molecule is C=Cc1c(N(C)S(C)(=O)=O)nc(C(=O)OC)c(O)c1N=C. The summed E-state index contributed by atoms with van der Waals surface area (Å²) in [5, 5.41) is 10.00. The van der Waals surface area contributed by atoms with Crippen LogP contribution < -0.4 is 4.31 Å². The first-order chi connectivity index (χ1) is 9.68. The molecule has 0 bridgehead atoms. The highest BCUT2D eigenvalue weighted by Gasteiger charge is 2.26. The summed E-state index contributed by atoms with van der Waals surface area (Å²) in [4.78, 5) is 19.1. The number of pyridine rings is 1. The predicted octanol–water partition coefficient (Wildman–Crippen LogP) is 0.945. The van der Waals surface area contributed by atoms with Gasteiger partial charge in [-0.1, -0.05) is 12.7 Å². The van der Waals surface area contributed by atoms with Crippen LogP contribution in [0.3, 0.4) is 0 Å². The van der Waals surface area contributed by atoms with E-state index in [9.17, 15) is 18.3 Å². The van der Waals surface area contributed by atoms with Crippen LogP contribution in [-0.2, 0) is 14.8 Å². The third-order valence-corrected chi connectivity index (χ3v) is 3.87. The maximum Gasteiger partial charge on any atom is 0.360 e. The summed E-state index contributed by atoms with van der Waals surface area (Å²) in [6.45, 7) is 6.81. The van der Waals surface area contributed by atoms with Crippen LogP contribution in [0, 0.1) is 0 Å². The van der Waals surface area contributed by atoms with Gasteiger partial charge in [-0.25, -0.2) is 18.2 Å². The fraction of sp³-hybridized carbons (Fsp3) is 0.250. The van der Waals surface area contributed by atoms with E-state index in [1.807, 2.05) is 0 Å². The van der Waals surface area contributed by atoms with E-state index in [2.05, 4.69) is 28.0 Å². The minimum Gasteiger partial charge on any atom is -0.504 e. The monoisotopic (exact) mass is 313 g/mol. The Bertz CT molecular complexity index is 712. The summed E-state index contributed by atoms with van der Waals surface area (Å²) in [5.41, 5.74) is -0.440. The van der Waals surface area contributed by atoms with Gasteiger partial charge in [-0.2, -0.15) is 0 Å². The van der Waals surface area contributed by atoms with Crippen LogP contribution in [0.5, 0.6) is 5.75 Å². The minimum absolute atomic E-state index is 0.106. The first-order valence-corrected chi connectivity index (χ1v) is 7.42. The third-order valence-electron chi connectivity index (χ3n) is 2.70. The normalized spacial score (nSPS) is 10.8. The first-order valence-electron chi connectivity index (χ1n) is 5.57. The summed E-state index contributed by atoms with van der Waals surface area (Å²) in [6, 6.07) is 0. The van der Waals surface area contributed by atoms with Crippen LogP contribution in [0.1, 0.15) is 16.1 Å². The zero-order valence-corrected chi connectivity index (χ0v) is 12.6. The van der Waals surface area contributed by atoms with E-state index < -0.39 is 27.4 Å². The molecule has 0 radical (unpaired) electrons. The number of aromatic hydroxyl groups is 1. The number of methoxy groups -OCH3 is 1. The molecule has 114 valence electrons. The lowest BCUT2D eigenvalue weighted by molar-refractivity contribution is 0.0590. The molecule has 0 saturated heterocycles. The summed E-state index contributed by atoms with van der Waals surface area (Å²) < 4.78 is 28.7. The predicted molar refractivity (Wildman–Crippen MR) is 79.8 cm³/mol. The Kier molecular flexibility index (Phi) is 4.69. The average Bonchev–Trinajstić information content (AvgIpc) is 2.43. The Morgan fingerprint density at radius 3 is 2.48 bits per heavy atom. The average molecular weight is 313 g/mol. The van der Waals surface area contributed by atoms with Crippen molar-refractivity contribution in [1.29, 1.82) is 0 Å². The molecule has 1 rings (SSSR count). The van der Waals surface area contributed by atoms with Gasteiger partial charge >= 0.3 is 5.97 Å². The lowest BCUT2D eigenvalue weighted by atomic mass is 10.1. The van der Waals surface area contributed by atoms with Crippen molar-refractivity contribution in [3.63, 3.8) is 0 Å². The minimum atomic E-state index is -3.65. The number of hydrogen-bond acceptors (Lipinski definition) is 7. The number of anilines is 1. The lowest BCUT2D eigenvalue weighted by Gasteiger charge is -2.20. The standard InChI is InChI=1S/C12H15N3O5S/c1-6-7-8(13-2)10(16)9(12(17)20-4)14-11(7)15(3)21(5,18)19/h6,16H,1-2H2,3-5H3. The molecule has 0 amide bonds. The molecule has 1 N–H and O–H groups in total. The quantitative estimate of drug-likeness (QED) is 0.640. The number of hydrogen-bond donors (Lipinski definition) is 1. The van der Waals surface area contributed by atoms with Gasteiger partial charge in [-0.05, 0) is 6.72 Å². The molecule has 0 saturated carbocycles. The van der Waals surface area contributed by atoms with Crippen molar-refractivity contribution in [3.05, 3.63) is 17.8 Å². The van der Waals surface area contributed by atoms with E-state index in [1.165, 1.54) is 13.1 Å². The number of carbonyl (C=O) groups is 1. The number of ether oxygens (including phenoxy) is 1. The molecular formula is C12H15N3O5S. The maximum absolute atomic E-state index is 11.7. The highest BCUT2D eigenvalue weighted by Crippen LogP contribution is 2.39. The first kappa shape index (κ1) is 16.6. The Morgan fingerprint density at radius 2 is 2.10 bits per heavy atom. The topological polar surface area (TPSA) is 109 Å². The Morgan fingerprint density at radius 1 is 1.52 bits per heavy atom. The van der Waals surface area contributed by atoms with Crippen molar-refractivity contribution < 1.29 is 23.1 Å². The van der Waals surface area contributed by atoms with Crippen molar-refractivity contribution in [2.75, 3.05) is 24.7 Å². The molecule has 9 heteroatoms. The molecule has 0 aliphatic carbocycles. The summed E-state index contributed by atoms with van der Waals surface area (Å²) in [5.74, 6) is -1.61. The molecule has 0 aliphatic heterocycles. The van der Waals surface area contributed by atoms with Crippen molar-refractivity contribution in [1.82, 2.24) is 4.98 Å². The molecule has 0 spiro atoms. The maximum atomic E-state index is 11.7. The van der Waals surface area contributed by atoms with Gasteiger partial charge in [0, 0.05) is 12.6 Å². The second-order valence-electron chi connectivity index (χ2n) is 3.98. The molecule has 1 heterocycles. The largest absolute Gasteiger partial charge is 0.504 e. The van der Waals surface area contributed by atoms with Gasteiger partial charge in [-0.3, -0.25) is 9.30 Å². The number of nitrogens with zero attached hydrogens (tertiary/aromatic N) is 3. The van der Waals surface area contributed by atoms with Crippen LogP contribution in [0.15, 0.2) is 11.6 Å². The van der Waals surface area contributed by atoms with Gasteiger partial charge in [0.1, 0.15) is 5.69 Å². The fourth-order valence-corrected chi connectivity index (χ4v) is 2.00. The smallest absolute Gasteiger partial charge is 0.360 e. The lowest BCUT2D eigenvalue weighted by Crippen LogP contribution is -2.27. The fourth-order valence-electron chi connectivity index (χ4n) is 1.55. The zero-order valence-electron chi connectivity index (χ0n) is 11.8. The van der Waals surface area contributed by atoms with Crippen molar-refractivity contribution >= 4 is 40.3 Å².